The van der Waals surface area contributed by atoms with E-state index >= 15 is 0 Å². The Labute approximate surface area is 135 Å². The van der Waals surface area contributed by atoms with Gasteiger partial charge in [0.05, 0.1) is 11.4 Å². The standard InChI is InChI=1S/C17H20N4O2/c1-11-15(16-17(23)18-9-10-20(16)13(3)22)12(2)21(19-11)14-7-5-4-6-8-14/h4-8,16H,9-10H2,1-3H3,(H,18,23). The number of hydrogen-bond donors (Lipinski definition) is 1. The van der Waals surface area contributed by atoms with Gasteiger partial charge in [0.15, 0.2) is 0 Å². The molecule has 0 bridgehead atoms. The molecule has 0 aliphatic carbocycles. The van der Waals surface area contributed by atoms with Gasteiger partial charge in [-0.2, -0.15) is 5.10 Å². The van der Waals surface area contributed by atoms with Crippen LogP contribution >= 0.6 is 0 Å². The number of carbonyl (C=O) groups is 2. The maximum absolute atomic E-state index is 12.4. The van der Waals surface area contributed by atoms with Gasteiger partial charge in [-0.1, -0.05) is 18.2 Å². The molecule has 0 radical (unpaired) electrons. The molecular weight excluding hydrogens is 292 g/mol. The number of nitrogens with one attached hydrogen (secondary N) is 1. The van der Waals surface area contributed by atoms with Crippen LogP contribution in [0.25, 0.3) is 5.69 Å². The third kappa shape index (κ3) is 2.60. The van der Waals surface area contributed by atoms with E-state index in [9.17, 15) is 9.59 Å². The van der Waals surface area contributed by atoms with Crippen LogP contribution in [-0.2, 0) is 9.59 Å². The second-order valence-electron chi connectivity index (χ2n) is 5.74. The summed E-state index contributed by atoms with van der Waals surface area (Å²) in [7, 11) is 0. The minimum atomic E-state index is -0.612. The van der Waals surface area contributed by atoms with E-state index in [0.717, 1.165) is 22.6 Å². The summed E-state index contributed by atoms with van der Waals surface area (Å²) in [5, 5.41) is 7.43. The zero-order valence-corrected chi connectivity index (χ0v) is 13.5. The fourth-order valence-electron chi connectivity index (χ4n) is 3.16. The number of piperazine rings is 1. The Balaban J connectivity index is 2.10. The molecule has 6 nitrogen and oxygen atoms in total. The van der Waals surface area contributed by atoms with Crippen LogP contribution in [0.1, 0.15) is 29.9 Å². The molecule has 1 atom stereocenters. The number of carbonyl (C=O) groups excluding carboxylic acids is 2. The van der Waals surface area contributed by atoms with E-state index in [-0.39, 0.29) is 11.8 Å². The van der Waals surface area contributed by atoms with Crippen molar-refractivity contribution in [3.8, 4) is 5.69 Å². The number of para-hydroxylation sites is 1. The average molecular weight is 312 g/mol. The van der Waals surface area contributed by atoms with E-state index in [0.29, 0.717) is 13.1 Å². The highest BCUT2D eigenvalue weighted by atomic mass is 16.2. The molecule has 1 N–H and O–H groups in total. The Hall–Kier alpha value is -2.63. The minimum Gasteiger partial charge on any atom is -0.352 e. The van der Waals surface area contributed by atoms with Crippen LogP contribution in [0.2, 0.25) is 0 Å². The first-order valence-electron chi connectivity index (χ1n) is 7.67. The van der Waals surface area contributed by atoms with Gasteiger partial charge in [0, 0.05) is 31.3 Å². The molecule has 1 aliphatic heterocycles. The summed E-state index contributed by atoms with van der Waals surface area (Å²) in [4.78, 5) is 26.0. The Morgan fingerprint density at radius 3 is 2.61 bits per heavy atom. The normalized spacial score (nSPS) is 18.0. The lowest BCUT2D eigenvalue weighted by Gasteiger charge is -2.34. The molecule has 2 amide bonds. The zero-order valence-electron chi connectivity index (χ0n) is 13.5. The lowest BCUT2D eigenvalue weighted by molar-refractivity contribution is -0.142. The molecule has 0 saturated carbocycles. The van der Waals surface area contributed by atoms with Gasteiger partial charge in [0.2, 0.25) is 11.8 Å². The number of aromatic nitrogens is 2. The first-order valence-corrected chi connectivity index (χ1v) is 7.67. The van der Waals surface area contributed by atoms with Crippen LogP contribution in [-0.4, -0.2) is 39.6 Å². The highest BCUT2D eigenvalue weighted by molar-refractivity contribution is 5.89. The lowest BCUT2D eigenvalue weighted by Crippen LogP contribution is -2.51. The van der Waals surface area contributed by atoms with Crippen molar-refractivity contribution in [2.75, 3.05) is 13.1 Å². The number of nitrogens with zero attached hydrogens (tertiary/aromatic N) is 3. The lowest BCUT2D eigenvalue weighted by atomic mass is 10.00. The topological polar surface area (TPSA) is 67.2 Å². The second-order valence-corrected chi connectivity index (χ2v) is 5.74. The highest BCUT2D eigenvalue weighted by Crippen LogP contribution is 2.30. The SMILES string of the molecule is CC(=O)N1CCNC(=O)C1c1c(C)nn(-c2ccccc2)c1C. The van der Waals surface area contributed by atoms with Crippen molar-refractivity contribution in [1.29, 1.82) is 0 Å². The number of hydrogen-bond acceptors (Lipinski definition) is 3. The molecule has 1 unspecified atom stereocenters. The van der Waals surface area contributed by atoms with Crippen molar-refractivity contribution >= 4 is 11.8 Å². The number of amides is 2. The fourth-order valence-corrected chi connectivity index (χ4v) is 3.16. The van der Waals surface area contributed by atoms with Gasteiger partial charge in [-0.3, -0.25) is 9.59 Å². The van der Waals surface area contributed by atoms with E-state index in [4.69, 9.17) is 0 Å². The van der Waals surface area contributed by atoms with Gasteiger partial charge in [0.1, 0.15) is 6.04 Å². The van der Waals surface area contributed by atoms with E-state index in [1.165, 1.54) is 6.92 Å². The Kier molecular flexibility index (Phi) is 3.90. The number of benzene rings is 1. The fraction of sp³-hybridized carbons (Fsp3) is 0.353. The van der Waals surface area contributed by atoms with E-state index in [2.05, 4.69) is 10.4 Å². The summed E-state index contributed by atoms with van der Waals surface area (Å²) in [5.74, 6) is -0.249. The number of rotatable bonds is 2. The van der Waals surface area contributed by atoms with Crippen LogP contribution in [0.3, 0.4) is 0 Å². The van der Waals surface area contributed by atoms with Crippen LogP contribution in [0.5, 0.6) is 0 Å². The van der Waals surface area contributed by atoms with Gasteiger partial charge < -0.3 is 10.2 Å². The molecule has 1 aromatic carbocycles. The maximum Gasteiger partial charge on any atom is 0.247 e. The molecule has 3 rings (SSSR count). The molecule has 6 heteroatoms. The smallest absolute Gasteiger partial charge is 0.247 e. The third-order valence-electron chi connectivity index (χ3n) is 4.24. The van der Waals surface area contributed by atoms with Gasteiger partial charge in [-0.25, -0.2) is 4.68 Å². The van der Waals surface area contributed by atoms with Crippen molar-refractivity contribution in [3.05, 3.63) is 47.3 Å². The van der Waals surface area contributed by atoms with Gasteiger partial charge in [0.25, 0.3) is 0 Å². The second kappa shape index (κ2) is 5.87. The molecule has 1 saturated heterocycles. The average Bonchev–Trinajstić information content (AvgIpc) is 2.83. The predicted octanol–water partition coefficient (Wildman–Crippen LogP) is 1.51. The van der Waals surface area contributed by atoms with E-state index in [1.54, 1.807) is 4.90 Å². The van der Waals surface area contributed by atoms with Crippen molar-refractivity contribution in [1.82, 2.24) is 20.0 Å². The van der Waals surface area contributed by atoms with E-state index in [1.807, 2.05) is 48.9 Å². The first-order chi connectivity index (χ1) is 11.0. The number of aryl methyl sites for hydroxylation is 1. The maximum atomic E-state index is 12.4. The minimum absolute atomic E-state index is 0.101. The summed E-state index contributed by atoms with van der Waals surface area (Å²) in [6, 6.07) is 9.15. The monoisotopic (exact) mass is 312 g/mol. The molecule has 1 fully saturated rings. The summed E-state index contributed by atoms with van der Waals surface area (Å²) < 4.78 is 1.82. The van der Waals surface area contributed by atoms with Crippen LogP contribution in [0.15, 0.2) is 30.3 Å². The Morgan fingerprint density at radius 1 is 1.26 bits per heavy atom. The van der Waals surface area contributed by atoms with Crippen LogP contribution in [0.4, 0.5) is 0 Å². The van der Waals surface area contributed by atoms with Crippen molar-refractivity contribution in [3.63, 3.8) is 0 Å². The molecule has 120 valence electrons. The van der Waals surface area contributed by atoms with Crippen molar-refractivity contribution < 1.29 is 9.59 Å². The van der Waals surface area contributed by atoms with Gasteiger partial charge in [-0.15, -0.1) is 0 Å². The predicted molar refractivity (Wildman–Crippen MR) is 86.2 cm³/mol. The molecule has 2 aromatic rings. The largest absolute Gasteiger partial charge is 0.352 e. The van der Waals surface area contributed by atoms with Crippen LogP contribution in [0, 0.1) is 13.8 Å². The summed E-state index contributed by atoms with van der Waals surface area (Å²) in [6.45, 7) is 6.31. The summed E-state index contributed by atoms with van der Waals surface area (Å²) in [5.41, 5.74) is 3.38. The van der Waals surface area contributed by atoms with Crippen molar-refractivity contribution in [2.24, 2.45) is 0 Å². The van der Waals surface area contributed by atoms with Gasteiger partial charge >= 0.3 is 0 Å². The quantitative estimate of drug-likeness (QED) is 0.914. The molecule has 1 aromatic heterocycles. The molecule has 2 heterocycles. The third-order valence-corrected chi connectivity index (χ3v) is 4.24. The Morgan fingerprint density at radius 2 is 1.96 bits per heavy atom. The highest BCUT2D eigenvalue weighted by Gasteiger charge is 2.36. The summed E-state index contributed by atoms with van der Waals surface area (Å²) >= 11 is 0. The van der Waals surface area contributed by atoms with Crippen molar-refractivity contribution in [2.45, 2.75) is 26.8 Å². The Bertz CT molecular complexity index is 751. The molecule has 1 aliphatic rings. The molecular formula is C17H20N4O2. The molecule has 23 heavy (non-hydrogen) atoms. The van der Waals surface area contributed by atoms with Crippen LogP contribution < -0.4 is 5.32 Å². The zero-order chi connectivity index (χ0) is 16.6. The van der Waals surface area contributed by atoms with Gasteiger partial charge in [-0.05, 0) is 26.0 Å². The summed E-state index contributed by atoms with van der Waals surface area (Å²) in [6.07, 6.45) is 0. The first kappa shape index (κ1) is 15.3. The van der Waals surface area contributed by atoms with E-state index < -0.39 is 6.04 Å². The molecule has 0 spiro atoms.